The molecule has 0 amide bonds. The Morgan fingerprint density at radius 1 is 1.28 bits per heavy atom. The van der Waals surface area contributed by atoms with Crippen LogP contribution >= 0.6 is 0 Å². The smallest absolute Gasteiger partial charge is 0.165 e. The van der Waals surface area contributed by atoms with E-state index in [-0.39, 0.29) is 6.61 Å². The maximum absolute atomic E-state index is 9.91. The highest BCUT2D eigenvalue weighted by atomic mass is 16.6. The van der Waals surface area contributed by atoms with Gasteiger partial charge in [0.1, 0.15) is 30.2 Å². The summed E-state index contributed by atoms with van der Waals surface area (Å²) in [6, 6.07) is 0. The lowest BCUT2D eigenvalue weighted by Crippen LogP contribution is -2.33. The summed E-state index contributed by atoms with van der Waals surface area (Å²) in [6.07, 6.45) is 0.442. The van der Waals surface area contributed by atoms with E-state index in [4.69, 9.17) is 9.84 Å². The zero-order valence-electron chi connectivity index (χ0n) is 9.29. The van der Waals surface area contributed by atoms with Gasteiger partial charge in [-0.2, -0.15) is 0 Å². The largest absolute Gasteiger partial charge is 0.394 e. The highest BCUT2D eigenvalue weighted by molar-refractivity contribution is 5.68. The number of hydrogen-bond acceptors (Lipinski definition) is 7. The van der Waals surface area contributed by atoms with Gasteiger partial charge in [-0.15, -0.1) is 0 Å². The van der Waals surface area contributed by atoms with Gasteiger partial charge in [-0.3, -0.25) is 4.57 Å². The van der Waals surface area contributed by atoms with Gasteiger partial charge in [-0.05, 0) is 0 Å². The number of imidazole rings is 1. The van der Waals surface area contributed by atoms with Gasteiger partial charge in [0.2, 0.25) is 0 Å². The monoisotopic (exact) mass is 252 g/mol. The highest BCUT2D eigenvalue weighted by Gasteiger charge is 2.43. The number of aromatic nitrogens is 4. The topological polar surface area (TPSA) is 114 Å². The van der Waals surface area contributed by atoms with Crippen molar-refractivity contribution in [2.75, 3.05) is 6.61 Å². The number of hydrogen-bond donors (Lipinski definition) is 3. The Balaban J connectivity index is 2.00. The fourth-order valence-electron chi connectivity index (χ4n) is 2.08. The summed E-state index contributed by atoms with van der Waals surface area (Å²) < 4.78 is 6.91. The van der Waals surface area contributed by atoms with Crippen LogP contribution in [0.1, 0.15) is 6.23 Å². The predicted octanol–water partition coefficient (Wildman–Crippen LogP) is -1.56. The molecule has 3 rings (SSSR count). The second kappa shape index (κ2) is 4.25. The van der Waals surface area contributed by atoms with Gasteiger partial charge in [0, 0.05) is 0 Å². The van der Waals surface area contributed by atoms with Crippen molar-refractivity contribution in [2.24, 2.45) is 0 Å². The molecule has 18 heavy (non-hydrogen) atoms. The molecular formula is C10H12N4O4. The molecule has 0 aromatic carbocycles. The van der Waals surface area contributed by atoms with Crippen LogP contribution in [0.2, 0.25) is 0 Å². The summed E-state index contributed by atoms with van der Waals surface area (Å²) in [7, 11) is 0. The summed E-state index contributed by atoms with van der Waals surface area (Å²) in [6.45, 7) is -0.365. The summed E-state index contributed by atoms with van der Waals surface area (Å²) in [4.78, 5) is 12.0. The highest BCUT2D eigenvalue weighted by Crippen LogP contribution is 2.30. The molecule has 4 atom stereocenters. The maximum Gasteiger partial charge on any atom is 0.165 e. The lowest BCUT2D eigenvalue weighted by molar-refractivity contribution is -0.0511. The van der Waals surface area contributed by atoms with E-state index in [1.54, 1.807) is 6.20 Å². The SMILES string of the molecule is OC[C@@H]1O[C@@H](n2cnc3cncnc32)[C@@H](O)[C@@H]1O. The normalized spacial score (nSPS) is 32.2. The van der Waals surface area contributed by atoms with Crippen LogP contribution in [0.15, 0.2) is 18.9 Å². The lowest BCUT2D eigenvalue weighted by Gasteiger charge is -2.16. The average Bonchev–Trinajstić information content (AvgIpc) is 2.93. The second-order valence-corrected chi connectivity index (χ2v) is 4.11. The molecule has 0 unspecified atom stereocenters. The summed E-state index contributed by atoms with van der Waals surface area (Å²) in [5.41, 5.74) is 1.06. The fourth-order valence-corrected chi connectivity index (χ4v) is 2.08. The van der Waals surface area contributed by atoms with Crippen molar-refractivity contribution in [3.8, 4) is 0 Å². The van der Waals surface area contributed by atoms with Crippen LogP contribution in [0.5, 0.6) is 0 Å². The van der Waals surface area contributed by atoms with Crippen LogP contribution in [0.4, 0.5) is 0 Å². The quantitative estimate of drug-likeness (QED) is 0.592. The first-order chi connectivity index (χ1) is 8.72. The van der Waals surface area contributed by atoms with Crippen molar-refractivity contribution in [1.29, 1.82) is 0 Å². The molecule has 0 saturated carbocycles. The molecule has 1 aliphatic rings. The molecule has 8 heteroatoms. The predicted molar refractivity (Wildman–Crippen MR) is 58.3 cm³/mol. The Kier molecular flexibility index (Phi) is 2.71. The molecule has 1 fully saturated rings. The fraction of sp³-hybridized carbons (Fsp3) is 0.500. The molecule has 1 aliphatic heterocycles. The van der Waals surface area contributed by atoms with Gasteiger partial charge in [0.15, 0.2) is 11.9 Å². The van der Waals surface area contributed by atoms with Gasteiger partial charge < -0.3 is 20.1 Å². The number of ether oxygens (including phenoxy) is 1. The van der Waals surface area contributed by atoms with E-state index >= 15 is 0 Å². The Hall–Kier alpha value is -1.61. The van der Waals surface area contributed by atoms with Crippen molar-refractivity contribution in [3.05, 3.63) is 18.9 Å². The molecule has 8 nitrogen and oxygen atoms in total. The number of aliphatic hydroxyl groups excluding tert-OH is 3. The summed E-state index contributed by atoms with van der Waals surface area (Å²) in [5.74, 6) is 0. The first-order valence-electron chi connectivity index (χ1n) is 5.47. The average molecular weight is 252 g/mol. The third-order valence-electron chi connectivity index (χ3n) is 3.03. The molecule has 0 bridgehead atoms. The van der Waals surface area contributed by atoms with Crippen LogP contribution in [-0.4, -0.2) is 59.8 Å². The molecule has 0 aliphatic carbocycles. The van der Waals surface area contributed by atoms with E-state index in [1.807, 2.05) is 0 Å². The van der Waals surface area contributed by atoms with Gasteiger partial charge in [-0.25, -0.2) is 15.0 Å². The van der Waals surface area contributed by atoms with Crippen LogP contribution in [-0.2, 0) is 4.74 Å². The van der Waals surface area contributed by atoms with Crippen molar-refractivity contribution in [2.45, 2.75) is 24.5 Å². The van der Waals surface area contributed by atoms with Gasteiger partial charge in [0.05, 0.1) is 19.1 Å². The first kappa shape index (κ1) is 11.5. The molecule has 3 N–H and O–H groups in total. The molecule has 0 spiro atoms. The van der Waals surface area contributed by atoms with E-state index in [1.165, 1.54) is 17.2 Å². The third-order valence-corrected chi connectivity index (χ3v) is 3.03. The molecule has 3 heterocycles. The van der Waals surface area contributed by atoms with E-state index in [0.29, 0.717) is 11.2 Å². The molecule has 0 radical (unpaired) electrons. The van der Waals surface area contributed by atoms with Gasteiger partial charge in [0.25, 0.3) is 0 Å². The standard InChI is InChI=1S/C10H12N4O4/c15-2-6-7(16)8(17)10(18-6)14-4-13-5-1-11-3-12-9(5)14/h1,3-4,6-8,10,15-17H,2H2/t6-,7+,8-,10+/m0/s1. The minimum absolute atomic E-state index is 0.365. The maximum atomic E-state index is 9.91. The van der Waals surface area contributed by atoms with Crippen LogP contribution in [0.3, 0.4) is 0 Å². The van der Waals surface area contributed by atoms with E-state index in [9.17, 15) is 10.2 Å². The molecule has 96 valence electrons. The van der Waals surface area contributed by atoms with E-state index in [2.05, 4.69) is 15.0 Å². The minimum Gasteiger partial charge on any atom is -0.394 e. The van der Waals surface area contributed by atoms with Crippen molar-refractivity contribution in [3.63, 3.8) is 0 Å². The Labute approximate surface area is 102 Å². The number of rotatable bonds is 2. The molecular weight excluding hydrogens is 240 g/mol. The lowest BCUT2D eigenvalue weighted by atomic mass is 10.1. The van der Waals surface area contributed by atoms with Crippen LogP contribution in [0.25, 0.3) is 11.2 Å². The van der Waals surface area contributed by atoms with Gasteiger partial charge >= 0.3 is 0 Å². The van der Waals surface area contributed by atoms with Crippen LogP contribution in [0, 0.1) is 0 Å². The third kappa shape index (κ3) is 1.58. The Morgan fingerprint density at radius 3 is 2.83 bits per heavy atom. The number of fused-ring (bicyclic) bond motifs is 1. The Bertz CT molecular complexity index is 560. The van der Waals surface area contributed by atoms with Crippen molar-refractivity contribution < 1.29 is 20.1 Å². The molecule has 2 aromatic rings. The minimum atomic E-state index is -1.14. The van der Waals surface area contributed by atoms with Crippen LogP contribution < -0.4 is 0 Å². The zero-order chi connectivity index (χ0) is 12.7. The number of aliphatic hydroxyl groups is 3. The molecule has 2 aromatic heterocycles. The van der Waals surface area contributed by atoms with E-state index in [0.717, 1.165) is 0 Å². The van der Waals surface area contributed by atoms with E-state index < -0.39 is 24.5 Å². The first-order valence-corrected chi connectivity index (χ1v) is 5.47. The summed E-state index contributed by atoms with van der Waals surface area (Å²) >= 11 is 0. The second-order valence-electron chi connectivity index (χ2n) is 4.11. The Morgan fingerprint density at radius 2 is 2.11 bits per heavy atom. The zero-order valence-corrected chi connectivity index (χ0v) is 9.29. The van der Waals surface area contributed by atoms with Crippen molar-refractivity contribution >= 4 is 11.2 Å². The van der Waals surface area contributed by atoms with Gasteiger partial charge in [-0.1, -0.05) is 0 Å². The summed E-state index contributed by atoms with van der Waals surface area (Å²) in [5, 5.41) is 28.6. The number of nitrogens with zero attached hydrogens (tertiary/aromatic N) is 4. The van der Waals surface area contributed by atoms with Crippen molar-refractivity contribution in [1.82, 2.24) is 19.5 Å². The molecule has 1 saturated heterocycles.